The molecule has 19 heavy (non-hydrogen) atoms. The summed E-state index contributed by atoms with van der Waals surface area (Å²) < 4.78 is 10.5. The molecule has 2 aromatic carbocycles. The molecule has 0 saturated carbocycles. The van der Waals surface area contributed by atoms with Gasteiger partial charge >= 0.3 is 5.97 Å². The summed E-state index contributed by atoms with van der Waals surface area (Å²) in [7, 11) is 1.36. The molecule has 98 valence electrons. The van der Waals surface area contributed by atoms with E-state index in [-0.39, 0.29) is 5.97 Å². The lowest BCUT2D eigenvalue weighted by Gasteiger charge is -2.11. The highest BCUT2D eigenvalue weighted by Gasteiger charge is 2.13. The van der Waals surface area contributed by atoms with Gasteiger partial charge in [0.15, 0.2) is 0 Å². The van der Waals surface area contributed by atoms with E-state index in [4.69, 9.17) is 9.47 Å². The highest BCUT2D eigenvalue weighted by atomic mass is 16.5. The summed E-state index contributed by atoms with van der Waals surface area (Å²) in [5, 5.41) is 0. The van der Waals surface area contributed by atoms with Gasteiger partial charge in [0, 0.05) is 0 Å². The maximum Gasteiger partial charge on any atom is 0.341 e. The van der Waals surface area contributed by atoms with Crippen LogP contribution in [0.1, 0.15) is 21.5 Å². The third-order valence-corrected chi connectivity index (χ3v) is 2.78. The van der Waals surface area contributed by atoms with Gasteiger partial charge in [-0.05, 0) is 30.2 Å². The molecule has 2 aromatic rings. The first-order chi connectivity index (χ1) is 9.20. The molecule has 0 spiro atoms. The van der Waals surface area contributed by atoms with E-state index in [2.05, 4.69) is 0 Å². The maximum absolute atomic E-state index is 11.7. The Bertz CT molecular complexity index is 561. The van der Waals surface area contributed by atoms with Crippen LogP contribution in [0, 0.1) is 6.92 Å². The number of carbonyl (C=O) groups is 1. The van der Waals surface area contributed by atoms with Gasteiger partial charge in [0.05, 0.1) is 7.11 Å². The third kappa shape index (κ3) is 3.35. The van der Waals surface area contributed by atoms with Crippen LogP contribution in [0.25, 0.3) is 0 Å². The zero-order valence-electron chi connectivity index (χ0n) is 11.1. The van der Waals surface area contributed by atoms with Crippen LogP contribution in [-0.4, -0.2) is 13.1 Å². The largest absolute Gasteiger partial charge is 0.488 e. The van der Waals surface area contributed by atoms with Gasteiger partial charge in [-0.15, -0.1) is 0 Å². The Balaban J connectivity index is 2.19. The number of benzene rings is 2. The molecule has 0 radical (unpaired) electrons. The molecule has 3 nitrogen and oxygen atoms in total. The Labute approximate surface area is 112 Å². The molecule has 0 amide bonds. The maximum atomic E-state index is 11.7. The highest BCUT2D eigenvalue weighted by Crippen LogP contribution is 2.22. The molecular formula is C16H16O3. The van der Waals surface area contributed by atoms with Gasteiger partial charge in [0.2, 0.25) is 0 Å². The van der Waals surface area contributed by atoms with Crippen molar-refractivity contribution in [3.63, 3.8) is 0 Å². The minimum Gasteiger partial charge on any atom is -0.488 e. The van der Waals surface area contributed by atoms with Crippen molar-refractivity contribution >= 4 is 5.97 Å². The smallest absolute Gasteiger partial charge is 0.341 e. The van der Waals surface area contributed by atoms with Gasteiger partial charge in [0.1, 0.15) is 17.9 Å². The summed E-state index contributed by atoms with van der Waals surface area (Å²) in [5.41, 5.74) is 2.54. The van der Waals surface area contributed by atoms with Gasteiger partial charge in [-0.25, -0.2) is 4.79 Å². The molecule has 0 N–H and O–H groups in total. The van der Waals surface area contributed by atoms with Crippen molar-refractivity contribution < 1.29 is 14.3 Å². The van der Waals surface area contributed by atoms with Gasteiger partial charge in [-0.1, -0.05) is 36.4 Å². The summed E-state index contributed by atoms with van der Waals surface area (Å²) in [4.78, 5) is 11.7. The molecule has 0 aliphatic carbocycles. The number of methoxy groups -OCH3 is 1. The lowest BCUT2D eigenvalue weighted by molar-refractivity contribution is 0.0595. The first-order valence-corrected chi connectivity index (χ1v) is 6.06. The van der Waals surface area contributed by atoms with Crippen molar-refractivity contribution in [2.24, 2.45) is 0 Å². The molecule has 0 bridgehead atoms. The minimum absolute atomic E-state index is 0.386. The lowest BCUT2D eigenvalue weighted by Crippen LogP contribution is -2.06. The average Bonchev–Trinajstić information content (AvgIpc) is 2.45. The van der Waals surface area contributed by atoms with Crippen molar-refractivity contribution in [2.45, 2.75) is 13.5 Å². The first-order valence-electron chi connectivity index (χ1n) is 6.06. The SMILES string of the molecule is COC(=O)c1ccc(C)cc1OCc1ccccc1. The molecule has 0 aliphatic heterocycles. The van der Waals surface area contributed by atoms with Crippen LogP contribution >= 0.6 is 0 Å². The van der Waals surface area contributed by atoms with Gasteiger partial charge in [-0.3, -0.25) is 0 Å². The van der Waals surface area contributed by atoms with Gasteiger partial charge < -0.3 is 9.47 Å². The standard InChI is InChI=1S/C16H16O3/c1-12-8-9-14(16(17)18-2)15(10-12)19-11-13-6-4-3-5-7-13/h3-10H,11H2,1-2H3. The van der Waals surface area contributed by atoms with E-state index in [1.165, 1.54) is 7.11 Å². The zero-order chi connectivity index (χ0) is 13.7. The van der Waals surface area contributed by atoms with Gasteiger partial charge in [0.25, 0.3) is 0 Å². The summed E-state index contributed by atoms with van der Waals surface area (Å²) in [6.07, 6.45) is 0. The fourth-order valence-electron chi connectivity index (χ4n) is 1.76. The summed E-state index contributed by atoms with van der Waals surface area (Å²) in [6.45, 7) is 2.38. The minimum atomic E-state index is -0.386. The van der Waals surface area contributed by atoms with Gasteiger partial charge in [-0.2, -0.15) is 0 Å². The zero-order valence-corrected chi connectivity index (χ0v) is 11.1. The number of carbonyl (C=O) groups excluding carboxylic acids is 1. The van der Waals surface area contributed by atoms with Crippen LogP contribution in [0.15, 0.2) is 48.5 Å². The van der Waals surface area contributed by atoms with Crippen molar-refractivity contribution in [3.05, 3.63) is 65.2 Å². The van der Waals surface area contributed by atoms with E-state index in [1.807, 2.05) is 49.4 Å². The molecule has 0 heterocycles. The fourth-order valence-corrected chi connectivity index (χ4v) is 1.76. The molecule has 0 aliphatic rings. The lowest BCUT2D eigenvalue weighted by atomic mass is 10.1. The van der Waals surface area contributed by atoms with Crippen molar-refractivity contribution in [1.82, 2.24) is 0 Å². The Kier molecular flexibility index (Phi) is 4.18. The number of hydrogen-bond donors (Lipinski definition) is 0. The quantitative estimate of drug-likeness (QED) is 0.787. The number of ether oxygens (including phenoxy) is 2. The second-order valence-electron chi connectivity index (χ2n) is 4.27. The number of hydrogen-bond acceptors (Lipinski definition) is 3. The molecule has 3 heteroatoms. The van der Waals surface area contributed by atoms with Crippen LogP contribution in [0.5, 0.6) is 5.75 Å². The van der Waals surface area contributed by atoms with E-state index >= 15 is 0 Å². The topological polar surface area (TPSA) is 35.5 Å². The second kappa shape index (κ2) is 6.05. The normalized spacial score (nSPS) is 10.0. The Hall–Kier alpha value is -2.29. The van der Waals surface area contributed by atoms with E-state index in [0.717, 1.165) is 11.1 Å². The monoisotopic (exact) mass is 256 g/mol. The second-order valence-corrected chi connectivity index (χ2v) is 4.27. The molecule has 0 aromatic heterocycles. The Morgan fingerprint density at radius 1 is 1.11 bits per heavy atom. The van der Waals surface area contributed by atoms with Crippen LogP contribution in [-0.2, 0) is 11.3 Å². The average molecular weight is 256 g/mol. The number of aryl methyl sites for hydroxylation is 1. The van der Waals surface area contributed by atoms with E-state index in [9.17, 15) is 4.79 Å². The number of rotatable bonds is 4. The Morgan fingerprint density at radius 3 is 2.53 bits per heavy atom. The molecule has 0 atom stereocenters. The van der Waals surface area contributed by atoms with Crippen molar-refractivity contribution in [2.75, 3.05) is 7.11 Å². The van der Waals surface area contributed by atoms with E-state index in [1.54, 1.807) is 6.07 Å². The molecule has 0 unspecified atom stereocenters. The van der Waals surface area contributed by atoms with Crippen LogP contribution in [0.4, 0.5) is 0 Å². The van der Waals surface area contributed by atoms with Crippen LogP contribution < -0.4 is 4.74 Å². The summed E-state index contributed by atoms with van der Waals surface area (Å²) >= 11 is 0. The van der Waals surface area contributed by atoms with Crippen molar-refractivity contribution in [1.29, 1.82) is 0 Å². The fraction of sp³-hybridized carbons (Fsp3) is 0.188. The van der Waals surface area contributed by atoms with Crippen LogP contribution in [0.3, 0.4) is 0 Å². The third-order valence-electron chi connectivity index (χ3n) is 2.78. The Morgan fingerprint density at radius 2 is 1.84 bits per heavy atom. The van der Waals surface area contributed by atoms with Crippen molar-refractivity contribution in [3.8, 4) is 5.75 Å². The molecule has 0 saturated heterocycles. The van der Waals surface area contributed by atoms with Crippen LogP contribution in [0.2, 0.25) is 0 Å². The molecule has 0 fully saturated rings. The highest BCUT2D eigenvalue weighted by molar-refractivity contribution is 5.92. The molecule has 2 rings (SSSR count). The molecular weight excluding hydrogens is 240 g/mol. The predicted octanol–water partition coefficient (Wildman–Crippen LogP) is 3.36. The summed E-state index contributed by atoms with van der Waals surface area (Å²) in [6, 6.07) is 15.3. The van der Waals surface area contributed by atoms with E-state index < -0.39 is 0 Å². The van der Waals surface area contributed by atoms with E-state index in [0.29, 0.717) is 17.9 Å². The summed E-state index contributed by atoms with van der Waals surface area (Å²) in [5.74, 6) is 0.166. The number of esters is 1. The first kappa shape index (κ1) is 13.1. The predicted molar refractivity (Wildman–Crippen MR) is 73.3 cm³/mol.